The van der Waals surface area contributed by atoms with Crippen molar-refractivity contribution in [2.45, 2.75) is 6.92 Å². The zero-order valence-corrected chi connectivity index (χ0v) is 10.5. The Kier molecular flexibility index (Phi) is 2.72. The molecule has 3 aromatic rings. The first-order chi connectivity index (χ1) is 9.24. The molecule has 0 aliphatic rings. The number of benzene rings is 1. The fraction of sp³-hybridized carbons (Fsp3) is 0.0714. The molecule has 0 unspecified atom stereocenters. The van der Waals surface area contributed by atoms with Crippen LogP contribution >= 0.6 is 0 Å². The second-order valence-corrected chi connectivity index (χ2v) is 4.24. The Labute approximate surface area is 110 Å². The molecule has 2 N–H and O–H groups in total. The number of nitrogens with two attached hydrogens (primary N) is 1. The van der Waals surface area contributed by atoms with Gasteiger partial charge in [0.2, 0.25) is 5.95 Å². The van der Waals surface area contributed by atoms with E-state index >= 15 is 0 Å². The average Bonchev–Trinajstić information content (AvgIpc) is 2.89. The minimum absolute atomic E-state index is 0.615. The van der Waals surface area contributed by atoms with Crippen LogP contribution in [-0.2, 0) is 0 Å². The van der Waals surface area contributed by atoms with E-state index in [1.54, 1.807) is 12.4 Å². The lowest BCUT2D eigenvalue weighted by molar-refractivity contribution is 0.916. The van der Waals surface area contributed by atoms with Gasteiger partial charge in [-0.2, -0.15) is 0 Å². The summed E-state index contributed by atoms with van der Waals surface area (Å²) in [5, 5.41) is 0. The maximum absolute atomic E-state index is 5.70. The fourth-order valence-corrected chi connectivity index (χ4v) is 1.86. The summed E-state index contributed by atoms with van der Waals surface area (Å²) in [6.07, 6.45) is 5.32. The van der Waals surface area contributed by atoms with E-state index in [0.717, 1.165) is 22.8 Å². The molecule has 0 aliphatic carbocycles. The SMILES string of the molecule is Cc1ccnc(-n2ccnc2-c2ccc(N)cc2)n1. The maximum Gasteiger partial charge on any atom is 0.235 e. The van der Waals surface area contributed by atoms with E-state index in [0.29, 0.717) is 5.95 Å². The van der Waals surface area contributed by atoms with Crippen molar-refractivity contribution in [1.29, 1.82) is 0 Å². The van der Waals surface area contributed by atoms with Crippen molar-refractivity contribution < 1.29 is 0 Å². The normalized spacial score (nSPS) is 10.6. The first-order valence-electron chi connectivity index (χ1n) is 5.93. The van der Waals surface area contributed by atoms with Gasteiger partial charge in [-0.3, -0.25) is 4.57 Å². The smallest absolute Gasteiger partial charge is 0.235 e. The number of rotatable bonds is 2. The molecule has 5 heteroatoms. The van der Waals surface area contributed by atoms with Crippen LogP contribution in [0.2, 0.25) is 0 Å². The van der Waals surface area contributed by atoms with Gasteiger partial charge in [-0.05, 0) is 37.3 Å². The third-order valence-corrected chi connectivity index (χ3v) is 2.81. The summed E-state index contributed by atoms with van der Waals surface area (Å²) in [6, 6.07) is 9.44. The lowest BCUT2D eigenvalue weighted by Crippen LogP contribution is -2.02. The molecule has 5 nitrogen and oxygen atoms in total. The minimum atomic E-state index is 0.615. The molecule has 0 saturated heterocycles. The largest absolute Gasteiger partial charge is 0.399 e. The lowest BCUT2D eigenvalue weighted by atomic mass is 10.2. The van der Waals surface area contributed by atoms with Gasteiger partial charge >= 0.3 is 0 Å². The van der Waals surface area contributed by atoms with Crippen LogP contribution in [0, 0.1) is 6.92 Å². The Morgan fingerprint density at radius 3 is 2.53 bits per heavy atom. The van der Waals surface area contributed by atoms with Crippen LogP contribution in [0.3, 0.4) is 0 Å². The molecule has 0 bridgehead atoms. The number of aromatic nitrogens is 4. The van der Waals surface area contributed by atoms with Gasteiger partial charge in [-0.1, -0.05) is 0 Å². The van der Waals surface area contributed by atoms with Crippen molar-refractivity contribution in [3.05, 3.63) is 54.6 Å². The van der Waals surface area contributed by atoms with Crippen LogP contribution in [0.1, 0.15) is 5.69 Å². The number of aryl methyl sites for hydroxylation is 1. The maximum atomic E-state index is 5.70. The summed E-state index contributed by atoms with van der Waals surface area (Å²) < 4.78 is 1.86. The Bertz CT molecular complexity index is 700. The summed E-state index contributed by atoms with van der Waals surface area (Å²) in [5.41, 5.74) is 8.32. The van der Waals surface area contributed by atoms with E-state index in [1.807, 2.05) is 48.0 Å². The first kappa shape index (κ1) is 11.4. The molecule has 0 radical (unpaired) electrons. The van der Waals surface area contributed by atoms with Gasteiger partial charge in [0.05, 0.1) is 0 Å². The Morgan fingerprint density at radius 2 is 1.79 bits per heavy atom. The monoisotopic (exact) mass is 251 g/mol. The molecule has 0 aliphatic heterocycles. The van der Waals surface area contributed by atoms with E-state index < -0.39 is 0 Å². The molecule has 0 amide bonds. The number of hydrogen-bond donors (Lipinski definition) is 1. The van der Waals surface area contributed by atoms with Crippen molar-refractivity contribution in [3.63, 3.8) is 0 Å². The van der Waals surface area contributed by atoms with Crippen LogP contribution in [0.25, 0.3) is 17.3 Å². The molecule has 0 spiro atoms. The van der Waals surface area contributed by atoms with Gasteiger partial charge < -0.3 is 5.73 Å². The fourth-order valence-electron chi connectivity index (χ4n) is 1.86. The molecular formula is C14H13N5. The summed E-state index contributed by atoms with van der Waals surface area (Å²) in [4.78, 5) is 13.0. The topological polar surface area (TPSA) is 69.6 Å². The summed E-state index contributed by atoms with van der Waals surface area (Å²) in [5.74, 6) is 1.41. The number of anilines is 1. The van der Waals surface area contributed by atoms with Crippen molar-refractivity contribution in [2.75, 3.05) is 5.73 Å². The van der Waals surface area contributed by atoms with Gasteiger partial charge in [-0.15, -0.1) is 0 Å². The van der Waals surface area contributed by atoms with Crippen molar-refractivity contribution >= 4 is 5.69 Å². The Hall–Kier alpha value is -2.69. The second-order valence-electron chi connectivity index (χ2n) is 4.24. The van der Waals surface area contributed by atoms with Crippen LogP contribution in [0.5, 0.6) is 0 Å². The molecule has 94 valence electrons. The first-order valence-corrected chi connectivity index (χ1v) is 5.93. The molecule has 1 aromatic carbocycles. The Balaban J connectivity index is 2.10. The number of hydrogen-bond acceptors (Lipinski definition) is 4. The minimum Gasteiger partial charge on any atom is -0.399 e. The predicted octanol–water partition coefficient (Wildman–Crippen LogP) is 2.22. The van der Waals surface area contributed by atoms with Gasteiger partial charge in [0.25, 0.3) is 0 Å². The molecule has 2 aromatic heterocycles. The highest BCUT2D eigenvalue weighted by atomic mass is 15.2. The van der Waals surface area contributed by atoms with Gasteiger partial charge in [0, 0.05) is 35.5 Å². The average molecular weight is 251 g/mol. The highest BCUT2D eigenvalue weighted by molar-refractivity contribution is 5.60. The van der Waals surface area contributed by atoms with Crippen LogP contribution < -0.4 is 5.73 Å². The number of imidazole rings is 1. The zero-order chi connectivity index (χ0) is 13.2. The molecule has 2 heterocycles. The lowest BCUT2D eigenvalue weighted by Gasteiger charge is -2.06. The van der Waals surface area contributed by atoms with Gasteiger partial charge in [0.15, 0.2) is 0 Å². The molecular weight excluding hydrogens is 238 g/mol. The number of nitrogens with zero attached hydrogens (tertiary/aromatic N) is 4. The second kappa shape index (κ2) is 4.53. The van der Waals surface area contributed by atoms with Crippen molar-refractivity contribution in [1.82, 2.24) is 19.5 Å². The Morgan fingerprint density at radius 1 is 1.00 bits per heavy atom. The molecule has 0 saturated carbocycles. The van der Waals surface area contributed by atoms with E-state index in [-0.39, 0.29) is 0 Å². The highest BCUT2D eigenvalue weighted by Crippen LogP contribution is 2.20. The predicted molar refractivity (Wildman–Crippen MR) is 73.7 cm³/mol. The molecule has 0 fully saturated rings. The third kappa shape index (κ3) is 2.18. The summed E-state index contributed by atoms with van der Waals surface area (Å²) in [7, 11) is 0. The molecule has 3 rings (SSSR count). The number of nitrogen functional groups attached to an aromatic ring is 1. The van der Waals surface area contributed by atoms with Crippen molar-refractivity contribution in [2.24, 2.45) is 0 Å². The van der Waals surface area contributed by atoms with E-state index in [9.17, 15) is 0 Å². The molecule has 0 atom stereocenters. The van der Waals surface area contributed by atoms with E-state index in [4.69, 9.17) is 5.73 Å². The van der Waals surface area contributed by atoms with E-state index in [1.165, 1.54) is 0 Å². The van der Waals surface area contributed by atoms with Crippen molar-refractivity contribution in [3.8, 4) is 17.3 Å². The quantitative estimate of drug-likeness (QED) is 0.709. The van der Waals surface area contributed by atoms with Gasteiger partial charge in [0.1, 0.15) is 5.82 Å². The summed E-state index contributed by atoms with van der Waals surface area (Å²) >= 11 is 0. The highest BCUT2D eigenvalue weighted by Gasteiger charge is 2.09. The van der Waals surface area contributed by atoms with Crippen LogP contribution in [0.15, 0.2) is 48.9 Å². The summed E-state index contributed by atoms with van der Waals surface area (Å²) in [6.45, 7) is 1.94. The standard InChI is InChI=1S/C14H13N5/c1-10-6-7-17-14(18-10)19-9-8-16-13(19)11-2-4-12(15)5-3-11/h2-9H,15H2,1H3. The van der Waals surface area contributed by atoms with Crippen LogP contribution in [0.4, 0.5) is 5.69 Å². The molecule has 19 heavy (non-hydrogen) atoms. The van der Waals surface area contributed by atoms with Crippen LogP contribution in [-0.4, -0.2) is 19.5 Å². The van der Waals surface area contributed by atoms with Gasteiger partial charge in [-0.25, -0.2) is 15.0 Å². The third-order valence-electron chi connectivity index (χ3n) is 2.81. The zero-order valence-electron chi connectivity index (χ0n) is 10.5. The van der Waals surface area contributed by atoms with E-state index in [2.05, 4.69) is 15.0 Å².